The van der Waals surface area contributed by atoms with E-state index in [0.29, 0.717) is 25.0 Å². The van der Waals surface area contributed by atoms with Crippen LogP contribution in [0, 0.1) is 0 Å². The molecule has 28 heavy (non-hydrogen) atoms. The molecule has 2 aromatic rings. The first-order chi connectivity index (χ1) is 13.8. The smallest absolute Gasteiger partial charge is 0.213 e. The van der Waals surface area contributed by atoms with Gasteiger partial charge in [0.2, 0.25) is 5.88 Å². The molecule has 2 aliphatic heterocycles. The van der Waals surface area contributed by atoms with Gasteiger partial charge in [-0.25, -0.2) is 9.98 Å². The van der Waals surface area contributed by atoms with Gasteiger partial charge < -0.3 is 25.3 Å². The van der Waals surface area contributed by atoms with Crippen molar-refractivity contribution >= 4 is 5.96 Å². The van der Waals surface area contributed by atoms with E-state index in [2.05, 4.69) is 21.4 Å². The summed E-state index contributed by atoms with van der Waals surface area (Å²) in [4.78, 5) is 8.80. The van der Waals surface area contributed by atoms with Gasteiger partial charge in [-0.15, -0.1) is 0 Å². The van der Waals surface area contributed by atoms with E-state index in [0.717, 1.165) is 49.4 Å². The molecule has 0 radical (unpaired) electrons. The molecular formula is C21H26N4O3. The van der Waals surface area contributed by atoms with Crippen LogP contribution in [0.1, 0.15) is 36.4 Å². The van der Waals surface area contributed by atoms with E-state index in [4.69, 9.17) is 19.9 Å². The molecule has 1 saturated heterocycles. The lowest BCUT2D eigenvalue weighted by Crippen LogP contribution is -2.37. The van der Waals surface area contributed by atoms with Crippen molar-refractivity contribution in [2.24, 2.45) is 10.7 Å². The van der Waals surface area contributed by atoms with Gasteiger partial charge in [-0.1, -0.05) is 18.2 Å². The third-order valence-corrected chi connectivity index (χ3v) is 4.97. The second kappa shape index (κ2) is 8.93. The minimum atomic E-state index is 0.110. The molecule has 3 heterocycles. The van der Waals surface area contributed by atoms with Gasteiger partial charge >= 0.3 is 0 Å². The number of guanidine groups is 1. The number of hydrogen-bond acceptors (Lipinski definition) is 5. The minimum Gasteiger partial charge on any atom is -0.493 e. The molecule has 0 aliphatic carbocycles. The molecule has 4 rings (SSSR count). The van der Waals surface area contributed by atoms with Crippen molar-refractivity contribution in [3.8, 4) is 11.6 Å². The Balaban J connectivity index is 1.35. The number of ether oxygens (including phenoxy) is 3. The average molecular weight is 382 g/mol. The standard InChI is InChI=1S/C21H26N4O3/c22-21(25-18-8-12-27-19-4-2-1-3-17(18)19)24-14-15-5-9-23-20(13-15)28-16-6-10-26-11-7-16/h1-5,9,13,16,18H,6-8,10-12,14H2,(H3,22,24,25). The number of hydrogen-bond donors (Lipinski definition) is 2. The molecule has 3 N–H and O–H groups in total. The summed E-state index contributed by atoms with van der Waals surface area (Å²) in [5.74, 6) is 1.96. The van der Waals surface area contributed by atoms with Crippen molar-refractivity contribution in [1.29, 1.82) is 0 Å². The van der Waals surface area contributed by atoms with Crippen LogP contribution in [0.3, 0.4) is 0 Å². The van der Waals surface area contributed by atoms with Crippen LogP contribution in [0.15, 0.2) is 47.6 Å². The Morgan fingerprint density at radius 1 is 1.18 bits per heavy atom. The van der Waals surface area contributed by atoms with Crippen molar-refractivity contribution in [1.82, 2.24) is 10.3 Å². The summed E-state index contributed by atoms with van der Waals surface area (Å²) >= 11 is 0. The zero-order chi connectivity index (χ0) is 19.2. The fourth-order valence-corrected chi connectivity index (χ4v) is 3.47. The number of aliphatic imine (C=N–C) groups is 1. The van der Waals surface area contributed by atoms with Crippen LogP contribution in [0.2, 0.25) is 0 Å². The SMILES string of the molecule is NC(=NCc1ccnc(OC2CCOCC2)c1)NC1CCOc2ccccc21. The van der Waals surface area contributed by atoms with E-state index < -0.39 is 0 Å². The maximum Gasteiger partial charge on any atom is 0.213 e. The molecule has 1 aromatic carbocycles. The molecule has 1 fully saturated rings. The Bertz CT molecular complexity index is 821. The maximum atomic E-state index is 6.13. The highest BCUT2D eigenvalue weighted by atomic mass is 16.5. The summed E-state index contributed by atoms with van der Waals surface area (Å²) in [7, 11) is 0. The van der Waals surface area contributed by atoms with Gasteiger partial charge in [-0.2, -0.15) is 0 Å². The fraction of sp³-hybridized carbons (Fsp3) is 0.429. The number of rotatable bonds is 5. The molecule has 0 saturated carbocycles. The highest BCUT2D eigenvalue weighted by molar-refractivity contribution is 5.78. The molecule has 7 heteroatoms. The molecule has 0 bridgehead atoms. The zero-order valence-corrected chi connectivity index (χ0v) is 15.8. The Labute approximate surface area is 164 Å². The Hall–Kier alpha value is -2.80. The molecule has 1 atom stereocenters. The van der Waals surface area contributed by atoms with Crippen molar-refractivity contribution < 1.29 is 14.2 Å². The van der Waals surface area contributed by atoms with E-state index in [1.54, 1.807) is 6.20 Å². The Kier molecular flexibility index (Phi) is 5.92. The lowest BCUT2D eigenvalue weighted by Gasteiger charge is -2.26. The number of nitrogens with one attached hydrogen (secondary N) is 1. The molecule has 1 aromatic heterocycles. The number of fused-ring (bicyclic) bond motifs is 1. The first-order valence-corrected chi connectivity index (χ1v) is 9.75. The van der Waals surface area contributed by atoms with Crippen molar-refractivity contribution in [2.45, 2.75) is 38.0 Å². The van der Waals surface area contributed by atoms with Crippen LogP contribution in [0.4, 0.5) is 0 Å². The summed E-state index contributed by atoms with van der Waals surface area (Å²) < 4.78 is 17.0. The molecule has 7 nitrogen and oxygen atoms in total. The molecule has 1 unspecified atom stereocenters. The number of benzene rings is 1. The van der Waals surface area contributed by atoms with Gasteiger partial charge in [0.15, 0.2) is 5.96 Å². The number of para-hydroxylation sites is 1. The maximum absolute atomic E-state index is 6.13. The summed E-state index contributed by atoms with van der Waals surface area (Å²) in [6.07, 6.45) is 4.56. The lowest BCUT2D eigenvalue weighted by atomic mass is 10.0. The Morgan fingerprint density at radius 2 is 2.04 bits per heavy atom. The monoisotopic (exact) mass is 382 g/mol. The first-order valence-electron chi connectivity index (χ1n) is 9.75. The van der Waals surface area contributed by atoms with Crippen molar-refractivity contribution in [3.63, 3.8) is 0 Å². The molecular weight excluding hydrogens is 356 g/mol. The molecule has 0 spiro atoms. The van der Waals surface area contributed by atoms with Gasteiger partial charge in [-0.05, 0) is 17.7 Å². The highest BCUT2D eigenvalue weighted by Gasteiger charge is 2.21. The molecule has 2 aliphatic rings. The lowest BCUT2D eigenvalue weighted by molar-refractivity contribution is 0.0237. The first kappa shape index (κ1) is 18.6. The predicted octanol–water partition coefficient (Wildman–Crippen LogP) is 2.57. The van der Waals surface area contributed by atoms with Crippen LogP contribution < -0.4 is 20.5 Å². The minimum absolute atomic E-state index is 0.110. The van der Waals surface area contributed by atoms with Crippen LogP contribution in [0.5, 0.6) is 11.6 Å². The number of nitrogens with zero attached hydrogens (tertiary/aromatic N) is 2. The van der Waals surface area contributed by atoms with E-state index in [9.17, 15) is 0 Å². The molecule has 148 valence electrons. The van der Waals surface area contributed by atoms with Crippen LogP contribution in [-0.2, 0) is 11.3 Å². The average Bonchev–Trinajstić information content (AvgIpc) is 2.74. The summed E-state index contributed by atoms with van der Waals surface area (Å²) in [6, 6.07) is 12.0. The van der Waals surface area contributed by atoms with Gasteiger partial charge in [-0.3, -0.25) is 0 Å². The number of nitrogens with two attached hydrogens (primary N) is 1. The Morgan fingerprint density at radius 3 is 2.93 bits per heavy atom. The second-order valence-electron chi connectivity index (χ2n) is 7.01. The largest absolute Gasteiger partial charge is 0.493 e. The highest BCUT2D eigenvalue weighted by Crippen LogP contribution is 2.31. The van der Waals surface area contributed by atoms with Gasteiger partial charge in [0.05, 0.1) is 32.4 Å². The van der Waals surface area contributed by atoms with E-state index in [-0.39, 0.29) is 12.1 Å². The number of pyridine rings is 1. The van der Waals surface area contributed by atoms with Crippen molar-refractivity contribution in [2.75, 3.05) is 19.8 Å². The van der Waals surface area contributed by atoms with Crippen LogP contribution in [0.25, 0.3) is 0 Å². The van der Waals surface area contributed by atoms with E-state index in [1.807, 2.05) is 30.3 Å². The van der Waals surface area contributed by atoms with E-state index >= 15 is 0 Å². The fourth-order valence-electron chi connectivity index (χ4n) is 3.47. The third-order valence-electron chi connectivity index (χ3n) is 4.97. The normalized spacial score (nSPS) is 20.1. The van der Waals surface area contributed by atoms with Gasteiger partial charge in [0, 0.05) is 37.1 Å². The van der Waals surface area contributed by atoms with Gasteiger partial charge in [0.25, 0.3) is 0 Å². The summed E-state index contributed by atoms with van der Waals surface area (Å²) in [5.41, 5.74) is 8.26. The zero-order valence-electron chi connectivity index (χ0n) is 15.8. The van der Waals surface area contributed by atoms with E-state index in [1.165, 1.54) is 0 Å². The third kappa shape index (κ3) is 4.72. The summed E-state index contributed by atoms with van der Waals surface area (Å²) in [6.45, 7) is 2.62. The predicted molar refractivity (Wildman–Crippen MR) is 106 cm³/mol. The van der Waals surface area contributed by atoms with Crippen LogP contribution >= 0.6 is 0 Å². The quantitative estimate of drug-likeness (QED) is 0.610. The van der Waals surface area contributed by atoms with Gasteiger partial charge in [0.1, 0.15) is 11.9 Å². The number of aromatic nitrogens is 1. The van der Waals surface area contributed by atoms with Crippen molar-refractivity contribution in [3.05, 3.63) is 53.7 Å². The summed E-state index contributed by atoms with van der Waals surface area (Å²) in [5, 5.41) is 3.31. The second-order valence-corrected chi connectivity index (χ2v) is 7.01. The molecule has 0 amide bonds. The van der Waals surface area contributed by atoms with Crippen LogP contribution in [-0.4, -0.2) is 36.9 Å². The topological polar surface area (TPSA) is 91.0 Å².